The van der Waals surface area contributed by atoms with E-state index in [-0.39, 0.29) is 19.9 Å². The minimum Gasteiger partial charge on any atom is -0.476 e. The second-order valence-corrected chi connectivity index (χ2v) is 5.57. The standard InChI is InChI=1S/C12H6BrF2NO3S/c1-4(17)10-9(12(18)19)16-11(20-10)5-2-3-6(14)8(15)7(5)13/h2-3H,1H3,(H,18,19). The van der Waals surface area contributed by atoms with Crippen LogP contribution in [0.5, 0.6) is 0 Å². The number of thiazole rings is 1. The number of hydrogen-bond donors (Lipinski definition) is 1. The van der Waals surface area contributed by atoms with Gasteiger partial charge in [-0.15, -0.1) is 11.3 Å². The fraction of sp³-hybridized carbons (Fsp3) is 0.0833. The molecular weight excluding hydrogens is 356 g/mol. The monoisotopic (exact) mass is 361 g/mol. The molecule has 2 aromatic rings. The molecular formula is C12H6BrF2NO3S. The number of carbonyl (C=O) groups is 2. The van der Waals surface area contributed by atoms with Crippen molar-refractivity contribution in [3.8, 4) is 10.6 Å². The summed E-state index contributed by atoms with van der Waals surface area (Å²) in [5, 5.41) is 9.11. The second-order valence-electron chi connectivity index (χ2n) is 3.78. The number of Topliss-reactive ketones (excluding diaryl/α,β-unsaturated/α-hetero) is 1. The zero-order valence-electron chi connectivity index (χ0n) is 9.91. The first-order valence-electron chi connectivity index (χ1n) is 5.21. The highest BCUT2D eigenvalue weighted by Gasteiger charge is 2.23. The SMILES string of the molecule is CC(=O)c1sc(-c2ccc(F)c(F)c2Br)nc1C(=O)O. The van der Waals surface area contributed by atoms with Crippen molar-refractivity contribution in [1.29, 1.82) is 0 Å². The van der Waals surface area contributed by atoms with Crippen LogP contribution < -0.4 is 0 Å². The molecule has 0 saturated heterocycles. The molecule has 2 rings (SSSR count). The number of carboxylic acids is 1. The second kappa shape index (κ2) is 5.37. The third-order valence-electron chi connectivity index (χ3n) is 2.42. The Balaban J connectivity index is 2.66. The van der Waals surface area contributed by atoms with Crippen LogP contribution in [-0.4, -0.2) is 21.8 Å². The Morgan fingerprint density at radius 2 is 2.00 bits per heavy atom. The number of rotatable bonds is 3. The van der Waals surface area contributed by atoms with Crippen molar-refractivity contribution in [3.63, 3.8) is 0 Å². The molecule has 104 valence electrons. The number of carboxylic acid groups (broad SMARTS) is 1. The van der Waals surface area contributed by atoms with Gasteiger partial charge < -0.3 is 5.11 Å². The fourth-order valence-electron chi connectivity index (χ4n) is 1.51. The third kappa shape index (κ3) is 2.48. The molecule has 1 heterocycles. The molecule has 0 atom stereocenters. The molecule has 0 radical (unpaired) electrons. The van der Waals surface area contributed by atoms with E-state index in [1.807, 2.05) is 0 Å². The van der Waals surface area contributed by atoms with Crippen LogP contribution in [0.1, 0.15) is 27.1 Å². The van der Waals surface area contributed by atoms with Gasteiger partial charge in [-0.2, -0.15) is 0 Å². The van der Waals surface area contributed by atoms with Crippen molar-refractivity contribution in [3.05, 3.63) is 38.8 Å². The van der Waals surface area contributed by atoms with Crippen molar-refractivity contribution >= 4 is 39.0 Å². The molecule has 0 fully saturated rings. The summed E-state index contributed by atoms with van der Waals surface area (Å²) in [5.74, 6) is -3.94. The Bertz CT molecular complexity index is 698. The molecule has 20 heavy (non-hydrogen) atoms. The van der Waals surface area contributed by atoms with Crippen LogP contribution >= 0.6 is 27.3 Å². The zero-order valence-corrected chi connectivity index (χ0v) is 12.3. The van der Waals surface area contributed by atoms with Gasteiger partial charge in [-0.1, -0.05) is 0 Å². The number of benzene rings is 1. The molecule has 0 aliphatic carbocycles. The molecule has 1 aromatic heterocycles. The zero-order chi connectivity index (χ0) is 15.0. The topological polar surface area (TPSA) is 67.3 Å². The summed E-state index contributed by atoms with van der Waals surface area (Å²) < 4.78 is 26.4. The number of halogens is 3. The first kappa shape index (κ1) is 14.7. The van der Waals surface area contributed by atoms with E-state index in [0.717, 1.165) is 17.4 Å². The highest BCUT2D eigenvalue weighted by Crippen LogP contribution is 2.35. The van der Waals surface area contributed by atoms with Gasteiger partial charge in [-0.3, -0.25) is 4.79 Å². The molecule has 0 amide bonds. The predicted molar refractivity (Wildman–Crippen MR) is 72.1 cm³/mol. The van der Waals surface area contributed by atoms with Gasteiger partial charge in [-0.05, 0) is 28.1 Å². The molecule has 1 N–H and O–H groups in total. The smallest absolute Gasteiger partial charge is 0.356 e. The van der Waals surface area contributed by atoms with E-state index < -0.39 is 29.1 Å². The van der Waals surface area contributed by atoms with E-state index in [1.165, 1.54) is 13.0 Å². The molecule has 1 aromatic carbocycles. The van der Waals surface area contributed by atoms with Crippen molar-refractivity contribution in [2.45, 2.75) is 6.92 Å². The summed E-state index contributed by atoms with van der Waals surface area (Å²) in [6, 6.07) is 2.17. The van der Waals surface area contributed by atoms with Crippen molar-refractivity contribution in [2.24, 2.45) is 0 Å². The summed E-state index contributed by atoms with van der Waals surface area (Å²) >= 11 is 3.71. The molecule has 4 nitrogen and oxygen atoms in total. The average Bonchev–Trinajstić information content (AvgIpc) is 2.81. The van der Waals surface area contributed by atoms with Crippen molar-refractivity contribution in [1.82, 2.24) is 4.98 Å². The lowest BCUT2D eigenvalue weighted by atomic mass is 10.2. The molecule has 8 heteroatoms. The molecule has 0 aliphatic heterocycles. The van der Waals surface area contributed by atoms with E-state index in [2.05, 4.69) is 20.9 Å². The first-order chi connectivity index (χ1) is 9.32. The number of aromatic carboxylic acids is 1. The van der Waals surface area contributed by atoms with Gasteiger partial charge >= 0.3 is 5.97 Å². The minimum absolute atomic E-state index is 0.0378. The van der Waals surface area contributed by atoms with E-state index in [0.29, 0.717) is 0 Å². The van der Waals surface area contributed by atoms with Gasteiger partial charge in [0.05, 0.1) is 4.47 Å². The molecule has 0 bridgehead atoms. The van der Waals surface area contributed by atoms with Crippen LogP contribution in [0.25, 0.3) is 10.6 Å². The van der Waals surface area contributed by atoms with Crippen LogP contribution in [0.3, 0.4) is 0 Å². The van der Waals surface area contributed by atoms with E-state index in [4.69, 9.17) is 5.11 Å². The maximum absolute atomic E-state index is 13.5. The predicted octanol–water partition coefficient (Wildman–Crippen LogP) is 3.75. The van der Waals surface area contributed by atoms with E-state index >= 15 is 0 Å². The number of ketones is 1. The fourth-order valence-corrected chi connectivity index (χ4v) is 3.13. The molecule has 0 saturated carbocycles. The van der Waals surface area contributed by atoms with Gasteiger partial charge in [0.1, 0.15) is 9.88 Å². The molecule has 0 aliphatic rings. The molecule has 0 unspecified atom stereocenters. The van der Waals surface area contributed by atoms with Gasteiger partial charge in [0, 0.05) is 12.5 Å². The van der Waals surface area contributed by atoms with E-state index in [9.17, 15) is 18.4 Å². The summed E-state index contributed by atoms with van der Waals surface area (Å²) in [4.78, 5) is 26.2. The van der Waals surface area contributed by atoms with Crippen molar-refractivity contribution in [2.75, 3.05) is 0 Å². The lowest BCUT2D eigenvalue weighted by molar-refractivity contribution is 0.0687. The lowest BCUT2D eigenvalue weighted by Crippen LogP contribution is -2.03. The minimum atomic E-state index is -1.35. The Hall–Kier alpha value is -1.67. The Morgan fingerprint density at radius 1 is 1.35 bits per heavy atom. The quantitative estimate of drug-likeness (QED) is 0.667. The number of nitrogens with zero attached hydrogens (tertiary/aromatic N) is 1. The third-order valence-corrected chi connectivity index (χ3v) is 4.38. The first-order valence-corrected chi connectivity index (χ1v) is 6.82. The van der Waals surface area contributed by atoms with Crippen LogP contribution in [-0.2, 0) is 0 Å². The van der Waals surface area contributed by atoms with Crippen LogP contribution in [0.4, 0.5) is 8.78 Å². The van der Waals surface area contributed by atoms with E-state index in [1.54, 1.807) is 0 Å². The summed E-state index contributed by atoms with van der Waals surface area (Å²) in [6.45, 7) is 1.21. The van der Waals surface area contributed by atoms with Crippen LogP contribution in [0.15, 0.2) is 16.6 Å². The Labute approximate surface area is 124 Å². The Kier molecular flexibility index (Phi) is 3.96. The van der Waals surface area contributed by atoms with Gasteiger partial charge in [0.25, 0.3) is 0 Å². The van der Waals surface area contributed by atoms with Crippen LogP contribution in [0, 0.1) is 11.6 Å². The van der Waals surface area contributed by atoms with Crippen LogP contribution in [0.2, 0.25) is 0 Å². The number of hydrogen-bond acceptors (Lipinski definition) is 4. The highest BCUT2D eigenvalue weighted by molar-refractivity contribution is 9.10. The summed E-state index contributed by atoms with van der Waals surface area (Å²) in [6.07, 6.45) is 0. The lowest BCUT2D eigenvalue weighted by Gasteiger charge is -2.02. The molecule has 0 spiro atoms. The highest BCUT2D eigenvalue weighted by atomic mass is 79.9. The summed E-state index contributed by atoms with van der Waals surface area (Å²) in [7, 11) is 0. The summed E-state index contributed by atoms with van der Waals surface area (Å²) in [5.41, 5.74) is -0.210. The maximum atomic E-state index is 13.5. The number of carbonyl (C=O) groups excluding carboxylic acids is 1. The Morgan fingerprint density at radius 3 is 2.50 bits per heavy atom. The normalized spacial score (nSPS) is 10.6. The maximum Gasteiger partial charge on any atom is 0.356 e. The van der Waals surface area contributed by atoms with Crippen molar-refractivity contribution < 1.29 is 23.5 Å². The largest absolute Gasteiger partial charge is 0.476 e. The average molecular weight is 362 g/mol. The number of aromatic nitrogens is 1. The van der Waals surface area contributed by atoms with Gasteiger partial charge in [-0.25, -0.2) is 18.6 Å². The van der Waals surface area contributed by atoms with Gasteiger partial charge in [0.15, 0.2) is 23.1 Å². The van der Waals surface area contributed by atoms with Gasteiger partial charge in [0.2, 0.25) is 0 Å².